The van der Waals surface area contributed by atoms with E-state index in [1.54, 1.807) is 25.1 Å². The first kappa shape index (κ1) is 21.8. The van der Waals surface area contributed by atoms with Gasteiger partial charge in [0.2, 0.25) is 5.76 Å². The van der Waals surface area contributed by atoms with Crippen LogP contribution in [0.2, 0.25) is 10.0 Å². The molecule has 0 aliphatic carbocycles. The minimum Gasteiger partial charge on any atom is -0.450 e. The third-order valence-corrected chi connectivity index (χ3v) is 7.40. The predicted molar refractivity (Wildman–Crippen MR) is 124 cm³/mol. The summed E-state index contributed by atoms with van der Waals surface area (Å²) in [5.41, 5.74) is 0.525. The van der Waals surface area contributed by atoms with Gasteiger partial charge in [0.1, 0.15) is 11.4 Å². The van der Waals surface area contributed by atoms with Gasteiger partial charge in [-0.25, -0.2) is 9.37 Å². The lowest BCUT2D eigenvalue weighted by Gasteiger charge is -2.22. The smallest absolute Gasteiger partial charge is 0.297 e. The molecule has 10 heteroatoms. The summed E-state index contributed by atoms with van der Waals surface area (Å²) in [4.78, 5) is 45.1. The number of carbonyl (C=O) groups is 2. The summed E-state index contributed by atoms with van der Waals surface area (Å²) in [6.07, 6.45) is 0. The van der Waals surface area contributed by atoms with Gasteiger partial charge < -0.3 is 4.42 Å². The summed E-state index contributed by atoms with van der Waals surface area (Å²) in [6, 6.07) is 7.29. The molecule has 0 spiro atoms. The number of ketones is 1. The highest BCUT2D eigenvalue weighted by molar-refractivity contribution is 7.17. The minimum absolute atomic E-state index is 0.00760. The second kappa shape index (κ2) is 7.76. The first-order valence-corrected chi connectivity index (χ1v) is 11.3. The molecule has 1 unspecified atom stereocenters. The standard InChI is InChI=1S/C23H13Cl2FN2O4S/c1-9-21(10(2)29)33-23(27-9)28-18(11-3-5-14(24)15(25)7-11)17-19(30)13-8-12(26)4-6-16(13)32-20(17)22(28)31/h3-8,18H,1-2H3. The molecule has 3 heterocycles. The molecule has 6 nitrogen and oxygen atoms in total. The van der Waals surface area contributed by atoms with Crippen LogP contribution in [-0.2, 0) is 0 Å². The highest BCUT2D eigenvalue weighted by Crippen LogP contribution is 2.44. The Morgan fingerprint density at radius 2 is 1.91 bits per heavy atom. The summed E-state index contributed by atoms with van der Waals surface area (Å²) in [5.74, 6) is -1.58. The van der Waals surface area contributed by atoms with Crippen molar-refractivity contribution in [2.45, 2.75) is 19.9 Å². The summed E-state index contributed by atoms with van der Waals surface area (Å²) in [7, 11) is 0. The summed E-state index contributed by atoms with van der Waals surface area (Å²) in [6.45, 7) is 3.08. The van der Waals surface area contributed by atoms with E-state index < -0.39 is 23.2 Å². The number of thiazole rings is 1. The van der Waals surface area contributed by atoms with Gasteiger partial charge >= 0.3 is 0 Å². The molecule has 1 aliphatic heterocycles. The SMILES string of the molecule is CC(=O)c1sc(N2C(=O)c3oc4ccc(F)cc4c(=O)c3C2c2ccc(Cl)c(Cl)c2)nc1C. The third kappa shape index (κ3) is 3.37. The van der Waals surface area contributed by atoms with Gasteiger partial charge in [-0.3, -0.25) is 19.3 Å². The maximum absolute atomic E-state index is 13.9. The van der Waals surface area contributed by atoms with Crippen LogP contribution < -0.4 is 10.3 Å². The van der Waals surface area contributed by atoms with E-state index in [0.717, 1.165) is 23.5 Å². The maximum Gasteiger partial charge on any atom is 0.297 e. The van der Waals surface area contributed by atoms with Crippen LogP contribution in [-0.4, -0.2) is 16.7 Å². The van der Waals surface area contributed by atoms with Crippen LogP contribution in [0.5, 0.6) is 0 Å². The van der Waals surface area contributed by atoms with Gasteiger partial charge in [0.25, 0.3) is 5.91 Å². The second-order valence-corrected chi connectivity index (χ2v) is 9.32. The van der Waals surface area contributed by atoms with Crippen molar-refractivity contribution in [1.82, 2.24) is 4.98 Å². The molecule has 0 saturated carbocycles. The average Bonchev–Trinajstić information content (AvgIpc) is 3.28. The van der Waals surface area contributed by atoms with Crippen LogP contribution in [0.1, 0.15) is 50.0 Å². The molecule has 2 aromatic heterocycles. The normalized spacial score (nSPS) is 15.4. The fraction of sp³-hybridized carbons (Fsp3) is 0.130. The van der Waals surface area contributed by atoms with Crippen LogP contribution in [0, 0.1) is 12.7 Å². The summed E-state index contributed by atoms with van der Waals surface area (Å²) < 4.78 is 19.7. The van der Waals surface area contributed by atoms with Gasteiger partial charge in [-0.15, -0.1) is 0 Å². The number of nitrogens with zero attached hydrogens (tertiary/aromatic N) is 2. The Balaban J connectivity index is 1.82. The number of anilines is 1. The number of benzene rings is 2. The van der Waals surface area contributed by atoms with E-state index in [1.807, 2.05) is 0 Å². The van der Waals surface area contributed by atoms with E-state index in [2.05, 4.69) is 4.98 Å². The first-order valence-electron chi connectivity index (χ1n) is 9.70. The predicted octanol–water partition coefficient (Wildman–Crippen LogP) is 5.96. The van der Waals surface area contributed by atoms with Crippen molar-refractivity contribution >= 4 is 62.3 Å². The topological polar surface area (TPSA) is 80.5 Å². The zero-order chi connectivity index (χ0) is 23.6. The lowest BCUT2D eigenvalue weighted by Crippen LogP contribution is -2.29. The maximum atomic E-state index is 13.9. The van der Waals surface area contributed by atoms with Crippen LogP contribution in [0.4, 0.5) is 9.52 Å². The molecule has 2 aromatic carbocycles. The Kier molecular flexibility index (Phi) is 5.12. The molecule has 0 radical (unpaired) electrons. The molecule has 0 N–H and O–H groups in total. The third-order valence-electron chi connectivity index (χ3n) is 5.40. The largest absolute Gasteiger partial charge is 0.450 e. The second-order valence-electron chi connectivity index (χ2n) is 7.53. The highest BCUT2D eigenvalue weighted by Gasteiger charge is 2.45. The monoisotopic (exact) mass is 502 g/mol. The summed E-state index contributed by atoms with van der Waals surface area (Å²) in [5, 5.41) is 0.757. The van der Waals surface area contributed by atoms with Crippen LogP contribution in [0.25, 0.3) is 11.0 Å². The van der Waals surface area contributed by atoms with E-state index in [0.29, 0.717) is 21.2 Å². The van der Waals surface area contributed by atoms with Crippen LogP contribution in [0.15, 0.2) is 45.6 Å². The Morgan fingerprint density at radius 1 is 1.15 bits per heavy atom. The molecule has 0 bridgehead atoms. The van der Waals surface area contributed by atoms with Gasteiger partial charge in [0.05, 0.1) is 37.6 Å². The molecule has 5 rings (SSSR count). The molecular formula is C23H13Cl2FN2O4S. The van der Waals surface area contributed by atoms with Gasteiger partial charge in [-0.05, 0) is 42.8 Å². The molecule has 33 heavy (non-hydrogen) atoms. The summed E-state index contributed by atoms with van der Waals surface area (Å²) >= 11 is 13.3. The zero-order valence-corrected chi connectivity index (χ0v) is 19.4. The van der Waals surface area contributed by atoms with Crippen molar-refractivity contribution in [1.29, 1.82) is 0 Å². The van der Waals surface area contributed by atoms with Gasteiger partial charge in [-0.1, -0.05) is 40.6 Å². The van der Waals surface area contributed by atoms with Crippen molar-refractivity contribution in [3.63, 3.8) is 0 Å². The Labute approximate surface area is 200 Å². The zero-order valence-electron chi connectivity index (χ0n) is 17.1. The lowest BCUT2D eigenvalue weighted by atomic mass is 9.99. The van der Waals surface area contributed by atoms with Crippen molar-refractivity contribution in [2.75, 3.05) is 4.90 Å². The molecule has 1 amide bonds. The van der Waals surface area contributed by atoms with E-state index in [9.17, 15) is 18.8 Å². The Bertz CT molecular complexity index is 1560. The number of amides is 1. The fourth-order valence-electron chi connectivity index (χ4n) is 3.95. The van der Waals surface area contributed by atoms with Crippen molar-refractivity contribution in [3.05, 3.63) is 89.9 Å². The van der Waals surface area contributed by atoms with Gasteiger partial charge in [-0.2, -0.15) is 0 Å². The minimum atomic E-state index is -0.962. The molecule has 1 aliphatic rings. The highest BCUT2D eigenvalue weighted by atomic mass is 35.5. The fourth-order valence-corrected chi connectivity index (χ4v) is 5.25. The van der Waals surface area contributed by atoms with Gasteiger partial charge in [0, 0.05) is 6.92 Å². The number of rotatable bonds is 3. The molecular weight excluding hydrogens is 490 g/mol. The van der Waals surface area contributed by atoms with E-state index in [-0.39, 0.29) is 38.2 Å². The molecule has 0 fully saturated rings. The van der Waals surface area contributed by atoms with E-state index >= 15 is 0 Å². The number of hydrogen-bond acceptors (Lipinski definition) is 6. The van der Waals surface area contributed by atoms with Crippen LogP contribution >= 0.6 is 34.5 Å². The number of halogens is 3. The quantitative estimate of drug-likeness (QED) is 0.323. The van der Waals surface area contributed by atoms with Crippen molar-refractivity contribution < 1.29 is 18.4 Å². The molecule has 1 atom stereocenters. The number of Topliss-reactive ketones (excluding diaryl/α,β-unsaturated/α-hetero) is 1. The van der Waals surface area contributed by atoms with E-state index in [1.165, 1.54) is 17.9 Å². The Hall–Kier alpha value is -3.07. The number of aryl methyl sites for hydroxylation is 1. The van der Waals surface area contributed by atoms with E-state index in [4.69, 9.17) is 27.6 Å². The average molecular weight is 503 g/mol. The molecule has 166 valence electrons. The molecule has 4 aromatic rings. The van der Waals surface area contributed by atoms with Crippen molar-refractivity contribution in [3.8, 4) is 0 Å². The number of fused-ring (bicyclic) bond motifs is 2. The first-order chi connectivity index (χ1) is 15.7. The molecule has 0 saturated heterocycles. The number of carbonyl (C=O) groups excluding carboxylic acids is 2. The van der Waals surface area contributed by atoms with Gasteiger partial charge in [0.15, 0.2) is 16.3 Å². The number of hydrogen-bond donors (Lipinski definition) is 0. The number of aromatic nitrogens is 1. The Morgan fingerprint density at radius 3 is 2.58 bits per heavy atom. The van der Waals surface area contributed by atoms with Crippen LogP contribution in [0.3, 0.4) is 0 Å². The lowest BCUT2D eigenvalue weighted by molar-refractivity contribution is 0.0969. The van der Waals surface area contributed by atoms with Crippen molar-refractivity contribution in [2.24, 2.45) is 0 Å².